The normalized spacial score (nSPS) is 11.5. The van der Waals surface area contributed by atoms with E-state index < -0.39 is 0 Å². The predicted molar refractivity (Wildman–Crippen MR) is 55.7 cm³/mol. The third-order valence-corrected chi connectivity index (χ3v) is 2.20. The van der Waals surface area contributed by atoms with Gasteiger partial charge in [0.25, 0.3) is 0 Å². The maximum Gasteiger partial charge on any atom is 0.135 e. The molecule has 13 heavy (non-hydrogen) atoms. The lowest BCUT2D eigenvalue weighted by atomic mass is 10.1. The molecule has 0 amide bonds. The maximum atomic E-state index is 5.65. The Hall–Kier alpha value is -1.50. The Morgan fingerprint density at radius 3 is 2.69 bits per heavy atom. The van der Waals surface area contributed by atoms with Gasteiger partial charge in [-0.3, -0.25) is 0 Å². The molecule has 0 atom stereocenters. The summed E-state index contributed by atoms with van der Waals surface area (Å²) in [6.45, 7) is 4.08. The maximum absolute atomic E-state index is 5.65. The van der Waals surface area contributed by atoms with Crippen molar-refractivity contribution >= 4 is 17.0 Å². The number of para-hydroxylation sites is 1. The average molecular weight is 172 g/mol. The van der Waals surface area contributed by atoms with Crippen LogP contribution in [0.25, 0.3) is 17.0 Å². The van der Waals surface area contributed by atoms with Gasteiger partial charge in [-0.15, -0.1) is 0 Å². The van der Waals surface area contributed by atoms with Crippen LogP contribution in [0.15, 0.2) is 34.8 Å². The fraction of sp³-hybridized carbons (Fsp3) is 0.167. The largest absolute Gasteiger partial charge is 0.456 e. The predicted octanol–water partition coefficient (Wildman–Crippen LogP) is 3.77. The van der Waals surface area contributed by atoms with E-state index in [9.17, 15) is 0 Å². The molecule has 0 aliphatic rings. The van der Waals surface area contributed by atoms with Crippen molar-refractivity contribution in [3.8, 4) is 0 Å². The van der Waals surface area contributed by atoms with E-state index in [2.05, 4.69) is 13.0 Å². The number of fused-ring (bicyclic) bond motifs is 1. The van der Waals surface area contributed by atoms with E-state index >= 15 is 0 Å². The van der Waals surface area contributed by atoms with Gasteiger partial charge in [0.15, 0.2) is 0 Å². The first kappa shape index (κ1) is 8.11. The highest BCUT2D eigenvalue weighted by Gasteiger charge is 2.05. The molecule has 1 nitrogen and oxygen atoms in total. The molecule has 0 saturated carbocycles. The number of hydrogen-bond acceptors (Lipinski definition) is 1. The highest BCUT2D eigenvalue weighted by atomic mass is 16.3. The van der Waals surface area contributed by atoms with Crippen molar-refractivity contribution in [2.75, 3.05) is 0 Å². The first-order valence-corrected chi connectivity index (χ1v) is 4.43. The minimum absolute atomic E-state index is 0.962. The third-order valence-electron chi connectivity index (χ3n) is 2.20. The second-order valence-corrected chi connectivity index (χ2v) is 3.09. The SMILES string of the molecule is C/C=C\c1oc2ccccc2c1C. The molecule has 1 heterocycles. The number of rotatable bonds is 1. The molecular weight excluding hydrogens is 160 g/mol. The first-order chi connectivity index (χ1) is 6.33. The number of aryl methyl sites for hydroxylation is 1. The third kappa shape index (κ3) is 1.26. The number of benzene rings is 1. The van der Waals surface area contributed by atoms with Crippen molar-refractivity contribution in [2.45, 2.75) is 13.8 Å². The molecule has 0 fully saturated rings. The molecule has 0 saturated heterocycles. The molecule has 0 spiro atoms. The smallest absolute Gasteiger partial charge is 0.135 e. The Morgan fingerprint density at radius 1 is 1.23 bits per heavy atom. The van der Waals surface area contributed by atoms with E-state index in [0.717, 1.165) is 11.3 Å². The van der Waals surface area contributed by atoms with Crippen LogP contribution >= 0.6 is 0 Å². The molecule has 66 valence electrons. The Balaban J connectivity index is 2.73. The number of hydrogen-bond donors (Lipinski definition) is 0. The zero-order valence-corrected chi connectivity index (χ0v) is 7.87. The fourth-order valence-electron chi connectivity index (χ4n) is 1.50. The van der Waals surface area contributed by atoms with Gasteiger partial charge in [-0.25, -0.2) is 0 Å². The fourth-order valence-corrected chi connectivity index (χ4v) is 1.50. The molecule has 0 radical (unpaired) electrons. The van der Waals surface area contributed by atoms with E-state index in [0.29, 0.717) is 0 Å². The van der Waals surface area contributed by atoms with Crippen LogP contribution in [0.4, 0.5) is 0 Å². The van der Waals surface area contributed by atoms with Gasteiger partial charge in [0, 0.05) is 10.9 Å². The van der Waals surface area contributed by atoms with E-state index in [4.69, 9.17) is 4.42 Å². The van der Waals surface area contributed by atoms with Crippen molar-refractivity contribution in [3.05, 3.63) is 41.7 Å². The van der Waals surface area contributed by atoms with Gasteiger partial charge in [-0.1, -0.05) is 24.3 Å². The lowest BCUT2D eigenvalue weighted by Crippen LogP contribution is -1.70. The second-order valence-electron chi connectivity index (χ2n) is 3.09. The number of furan rings is 1. The Kier molecular flexibility index (Phi) is 1.93. The Labute approximate surface area is 77.7 Å². The van der Waals surface area contributed by atoms with Crippen molar-refractivity contribution in [1.82, 2.24) is 0 Å². The van der Waals surface area contributed by atoms with E-state index in [-0.39, 0.29) is 0 Å². The van der Waals surface area contributed by atoms with Crippen molar-refractivity contribution in [2.24, 2.45) is 0 Å². The van der Waals surface area contributed by atoms with Crippen molar-refractivity contribution in [3.63, 3.8) is 0 Å². The van der Waals surface area contributed by atoms with Crippen LogP contribution in [-0.2, 0) is 0 Å². The lowest BCUT2D eigenvalue weighted by molar-refractivity contribution is 0.601. The summed E-state index contributed by atoms with van der Waals surface area (Å²) in [5.74, 6) is 0.962. The monoisotopic (exact) mass is 172 g/mol. The second kappa shape index (κ2) is 3.09. The van der Waals surface area contributed by atoms with E-state index in [1.807, 2.05) is 37.3 Å². The summed E-state index contributed by atoms with van der Waals surface area (Å²) in [6.07, 6.45) is 3.99. The summed E-state index contributed by atoms with van der Waals surface area (Å²) >= 11 is 0. The van der Waals surface area contributed by atoms with Gasteiger partial charge in [-0.05, 0) is 26.0 Å². The van der Waals surface area contributed by atoms with Gasteiger partial charge in [0.1, 0.15) is 11.3 Å². The van der Waals surface area contributed by atoms with Crippen LogP contribution in [0.3, 0.4) is 0 Å². The van der Waals surface area contributed by atoms with Crippen LogP contribution in [0.5, 0.6) is 0 Å². The summed E-state index contributed by atoms with van der Waals surface area (Å²) in [5.41, 5.74) is 2.18. The molecule has 2 rings (SSSR count). The van der Waals surface area contributed by atoms with Crippen LogP contribution in [0.2, 0.25) is 0 Å². The molecule has 1 heteroatoms. The van der Waals surface area contributed by atoms with Crippen molar-refractivity contribution < 1.29 is 4.42 Å². The summed E-state index contributed by atoms with van der Waals surface area (Å²) in [4.78, 5) is 0. The molecule has 0 aliphatic heterocycles. The summed E-state index contributed by atoms with van der Waals surface area (Å²) in [7, 11) is 0. The van der Waals surface area contributed by atoms with Gasteiger partial charge < -0.3 is 4.42 Å². The molecule has 2 aromatic rings. The summed E-state index contributed by atoms with van der Waals surface area (Å²) in [6, 6.07) is 8.10. The average Bonchev–Trinajstić information content (AvgIpc) is 2.46. The molecule has 0 bridgehead atoms. The summed E-state index contributed by atoms with van der Waals surface area (Å²) < 4.78 is 5.65. The van der Waals surface area contributed by atoms with Gasteiger partial charge in [0.05, 0.1) is 0 Å². The van der Waals surface area contributed by atoms with E-state index in [1.54, 1.807) is 0 Å². The topological polar surface area (TPSA) is 13.1 Å². The quantitative estimate of drug-likeness (QED) is 0.638. The van der Waals surface area contributed by atoms with Gasteiger partial charge >= 0.3 is 0 Å². The minimum Gasteiger partial charge on any atom is -0.456 e. The summed E-state index contributed by atoms with van der Waals surface area (Å²) in [5, 5.41) is 1.20. The van der Waals surface area contributed by atoms with Crippen LogP contribution < -0.4 is 0 Å². The van der Waals surface area contributed by atoms with E-state index in [1.165, 1.54) is 10.9 Å². The lowest BCUT2D eigenvalue weighted by Gasteiger charge is -1.86. The molecule has 0 unspecified atom stereocenters. The van der Waals surface area contributed by atoms with Crippen molar-refractivity contribution in [1.29, 1.82) is 0 Å². The van der Waals surface area contributed by atoms with Crippen LogP contribution in [-0.4, -0.2) is 0 Å². The highest BCUT2D eigenvalue weighted by Crippen LogP contribution is 2.25. The van der Waals surface area contributed by atoms with Crippen LogP contribution in [0.1, 0.15) is 18.2 Å². The molecule has 0 aliphatic carbocycles. The highest BCUT2D eigenvalue weighted by molar-refractivity contribution is 5.84. The zero-order chi connectivity index (χ0) is 9.26. The first-order valence-electron chi connectivity index (χ1n) is 4.43. The molecule has 1 aromatic heterocycles. The standard InChI is InChI=1S/C12H12O/c1-3-6-11-9(2)10-7-4-5-8-12(10)13-11/h3-8H,1-2H3/b6-3-. The van der Waals surface area contributed by atoms with Gasteiger partial charge in [0.2, 0.25) is 0 Å². The number of allylic oxidation sites excluding steroid dienone is 1. The molecular formula is C12H12O. The van der Waals surface area contributed by atoms with Gasteiger partial charge in [-0.2, -0.15) is 0 Å². The van der Waals surface area contributed by atoms with Crippen LogP contribution in [0, 0.1) is 6.92 Å². The minimum atomic E-state index is 0.962. The Bertz CT molecular complexity index is 449. The molecule has 1 aromatic carbocycles. The molecule has 0 N–H and O–H groups in total. The zero-order valence-electron chi connectivity index (χ0n) is 7.87. The Morgan fingerprint density at radius 2 is 2.00 bits per heavy atom.